The standard InChI is InChI=1S/C25H38N4O4/c1-16(2)15-20(23(31)28-27)21(24(32)29-33)25(22(30)17(3)26,19-11-7-8-12-19)14-13-18-9-5-4-6-10-18/h4-6,9-10,13-14,16-17,19-21,33H,7-8,11-12,15,26-27H2,1-3H3,(H,28,31)(H,29,32)/b14-13+/t17-,20-,21-,25?/m1/s1. The molecule has 2 rings (SSSR count). The average molecular weight is 459 g/mol. The van der Waals surface area contributed by atoms with Crippen LogP contribution >= 0.6 is 0 Å². The topological polar surface area (TPSA) is 148 Å². The second kappa shape index (κ2) is 12.1. The Kier molecular flexibility index (Phi) is 9.76. The molecule has 0 aromatic heterocycles. The van der Waals surface area contributed by atoms with E-state index in [4.69, 9.17) is 11.6 Å². The number of carbonyl (C=O) groups excluding carboxylic acids is 3. The van der Waals surface area contributed by atoms with Gasteiger partial charge in [0.2, 0.25) is 11.8 Å². The number of Topliss-reactive ketones (excluding diaryl/α,β-unsaturated/α-hetero) is 1. The second-order valence-corrected chi connectivity index (χ2v) is 9.51. The summed E-state index contributed by atoms with van der Waals surface area (Å²) in [6, 6.07) is 8.57. The van der Waals surface area contributed by atoms with Crippen LogP contribution in [0.15, 0.2) is 36.4 Å². The van der Waals surface area contributed by atoms with Crippen LogP contribution in [0.3, 0.4) is 0 Å². The van der Waals surface area contributed by atoms with Crippen molar-refractivity contribution in [3.63, 3.8) is 0 Å². The van der Waals surface area contributed by atoms with Crippen LogP contribution in [-0.4, -0.2) is 28.8 Å². The number of ketones is 1. The molecule has 1 unspecified atom stereocenters. The lowest BCUT2D eigenvalue weighted by molar-refractivity contribution is -0.153. The number of rotatable bonds is 11. The largest absolute Gasteiger partial charge is 0.322 e. The van der Waals surface area contributed by atoms with Crippen LogP contribution in [0.5, 0.6) is 0 Å². The summed E-state index contributed by atoms with van der Waals surface area (Å²) in [5, 5.41) is 9.73. The molecule has 0 saturated heterocycles. The molecule has 1 fully saturated rings. The van der Waals surface area contributed by atoms with E-state index in [2.05, 4.69) is 5.43 Å². The lowest BCUT2D eigenvalue weighted by Gasteiger charge is -2.45. The number of carbonyl (C=O) groups is 3. The summed E-state index contributed by atoms with van der Waals surface area (Å²) < 4.78 is 0. The third kappa shape index (κ3) is 6.07. The first-order valence-corrected chi connectivity index (χ1v) is 11.7. The van der Waals surface area contributed by atoms with Gasteiger partial charge < -0.3 is 5.73 Å². The van der Waals surface area contributed by atoms with Gasteiger partial charge >= 0.3 is 0 Å². The predicted molar refractivity (Wildman–Crippen MR) is 127 cm³/mol. The summed E-state index contributed by atoms with van der Waals surface area (Å²) in [4.78, 5) is 40.2. The van der Waals surface area contributed by atoms with Crippen LogP contribution < -0.4 is 22.5 Å². The highest BCUT2D eigenvalue weighted by Crippen LogP contribution is 2.51. The molecular weight excluding hydrogens is 420 g/mol. The number of allylic oxidation sites excluding steroid dienone is 1. The number of benzene rings is 1. The van der Waals surface area contributed by atoms with Gasteiger partial charge in [0.25, 0.3) is 0 Å². The van der Waals surface area contributed by atoms with E-state index in [1.54, 1.807) is 18.5 Å². The van der Waals surface area contributed by atoms with E-state index in [9.17, 15) is 19.6 Å². The molecule has 0 bridgehead atoms. The third-order valence-corrected chi connectivity index (χ3v) is 6.74. The minimum Gasteiger partial charge on any atom is -0.322 e. The summed E-state index contributed by atoms with van der Waals surface area (Å²) in [7, 11) is 0. The van der Waals surface area contributed by atoms with Crippen molar-refractivity contribution in [3.8, 4) is 0 Å². The number of hydrazine groups is 1. The van der Waals surface area contributed by atoms with Gasteiger partial charge in [-0.15, -0.1) is 0 Å². The molecular formula is C25H38N4O4. The Bertz CT molecular complexity index is 834. The van der Waals surface area contributed by atoms with Crippen molar-refractivity contribution in [1.29, 1.82) is 0 Å². The highest BCUT2D eigenvalue weighted by atomic mass is 16.5. The van der Waals surface area contributed by atoms with Crippen LogP contribution in [0, 0.1) is 29.1 Å². The zero-order valence-electron chi connectivity index (χ0n) is 19.8. The van der Waals surface area contributed by atoms with Crippen molar-refractivity contribution in [1.82, 2.24) is 10.9 Å². The lowest BCUT2D eigenvalue weighted by Crippen LogP contribution is -2.58. The Morgan fingerprint density at radius 1 is 1.12 bits per heavy atom. The van der Waals surface area contributed by atoms with E-state index in [-0.39, 0.29) is 17.6 Å². The van der Waals surface area contributed by atoms with Crippen molar-refractivity contribution in [2.75, 3.05) is 0 Å². The summed E-state index contributed by atoms with van der Waals surface area (Å²) in [5.74, 6) is 1.54. The highest BCUT2D eigenvalue weighted by Gasteiger charge is 2.57. The van der Waals surface area contributed by atoms with Gasteiger partial charge in [-0.2, -0.15) is 0 Å². The van der Waals surface area contributed by atoms with E-state index >= 15 is 0 Å². The number of nitrogens with one attached hydrogen (secondary N) is 2. The number of hydrogen-bond acceptors (Lipinski definition) is 6. The molecule has 8 nitrogen and oxygen atoms in total. The summed E-state index contributed by atoms with van der Waals surface area (Å²) in [6.07, 6.45) is 7.11. The molecule has 1 aliphatic carbocycles. The zero-order chi connectivity index (χ0) is 24.6. The fourth-order valence-corrected chi connectivity index (χ4v) is 5.34. The molecule has 4 atom stereocenters. The molecule has 0 heterocycles. The molecule has 1 aromatic rings. The average Bonchev–Trinajstić information content (AvgIpc) is 3.35. The van der Waals surface area contributed by atoms with E-state index in [1.807, 2.05) is 50.3 Å². The van der Waals surface area contributed by atoms with Gasteiger partial charge in [0.15, 0.2) is 5.78 Å². The van der Waals surface area contributed by atoms with Crippen molar-refractivity contribution in [2.45, 2.75) is 58.9 Å². The minimum atomic E-state index is -1.39. The summed E-state index contributed by atoms with van der Waals surface area (Å²) >= 11 is 0. The molecule has 0 radical (unpaired) electrons. The fourth-order valence-electron chi connectivity index (χ4n) is 5.34. The number of hydrogen-bond donors (Lipinski definition) is 5. The monoisotopic (exact) mass is 458 g/mol. The number of nitrogens with two attached hydrogens (primary N) is 2. The molecule has 0 aliphatic heterocycles. The second-order valence-electron chi connectivity index (χ2n) is 9.51. The normalized spacial score (nSPS) is 19.1. The Hall–Kier alpha value is -2.55. The van der Waals surface area contributed by atoms with E-state index in [0.717, 1.165) is 18.4 Å². The van der Waals surface area contributed by atoms with Gasteiger partial charge in [-0.1, -0.05) is 69.2 Å². The van der Waals surface area contributed by atoms with Crippen molar-refractivity contribution in [2.24, 2.45) is 40.7 Å². The van der Waals surface area contributed by atoms with E-state index < -0.39 is 35.1 Å². The first-order valence-electron chi connectivity index (χ1n) is 11.7. The smallest absolute Gasteiger partial charge is 0.248 e. The van der Waals surface area contributed by atoms with Gasteiger partial charge in [-0.3, -0.25) is 25.0 Å². The maximum atomic E-state index is 13.9. The molecule has 0 spiro atoms. The molecule has 2 amide bonds. The lowest BCUT2D eigenvalue weighted by atomic mass is 9.57. The number of hydroxylamine groups is 1. The van der Waals surface area contributed by atoms with E-state index in [0.29, 0.717) is 19.3 Å². The van der Waals surface area contributed by atoms with Crippen LogP contribution in [0.1, 0.15) is 58.4 Å². The summed E-state index contributed by atoms with van der Waals surface area (Å²) in [5.41, 5.74) is 9.51. The quantitative estimate of drug-likeness (QED) is 0.149. The molecule has 182 valence electrons. The van der Waals surface area contributed by atoms with Crippen LogP contribution in [0.4, 0.5) is 0 Å². The minimum absolute atomic E-state index is 0.0334. The predicted octanol–water partition coefficient (Wildman–Crippen LogP) is 2.57. The van der Waals surface area contributed by atoms with Crippen LogP contribution in [-0.2, 0) is 14.4 Å². The van der Waals surface area contributed by atoms with Crippen molar-refractivity contribution < 1.29 is 19.6 Å². The van der Waals surface area contributed by atoms with E-state index in [1.165, 1.54) is 0 Å². The van der Waals surface area contributed by atoms with Gasteiger partial charge in [-0.25, -0.2) is 11.3 Å². The molecule has 1 aliphatic rings. The summed E-state index contributed by atoms with van der Waals surface area (Å²) in [6.45, 7) is 5.45. The van der Waals surface area contributed by atoms with Gasteiger partial charge in [0.05, 0.1) is 23.3 Å². The first kappa shape index (κ1) is 26.7. The maximum Gasteiger partial charge on any atom is 0.248 e. The maximum absolute atomic E-state index is 13.9. The van der Waals surface area contributed by atoms with Crippen LogP contribution in [0.2, 0.25) is 0 Å². The first-order chi connectivity index (χ1) is 15.7. The Labute approximate surface area is 196 Å². The Morgan fingerprint density at radius 3 is 2.21 bits per heavy atom. The van der Waals surface area contributed by atoms with Gasteiger partial charge in [0, 0.05) is 0 Å². The Balaban J connectivity index is 2.82. The molecule has 33 heavy (non-hydrogen) atoms. The Morgan fingerprint density at radius 2 is 1.73 bits per heavy atom. The molecule has 1 aromatic carbocycles. The zero-order valence-corrected chi connectivity index (χ0v) is 19.8. The number of amides is 2. The highest BCUT2D eigenvalue weighted by molar-refractivity contribution is 5.99. The van der Waals surface area contributed by atoms with Gasteiger partial charge in [0.1, 0.15) is 0 Å². The SMILES string of the molecule is CC(C)C[C@@H](C(=O)NN)[C@H](C(=O)NO)C(/C=C/c1ccccc1)(C(=O)[C@@H](C)N)C1CCCC1. The fraction of sp³-hybridized carbons (Fsp3) is 0.560. The van der Waals surface area contributed by atoms with Crippen molar-refractivity contribution >= 4 is 23.7 Å². The molecule has 1 saturated carbocycles. The molecule has 7 N–H and O–H groups in total. The van der Waals surface area contributed by atoms with Crippen molar-refractivity contribution in [3.05, 3.63) is 42.0 Å². The molecule has 8 heteroatoms. The third-order valence-electron chi connectivity index (χ3n) is 6.74. The van der Waals surface area contributed by atoms with Crippen LogP contribution in [0.25, 0.3) is 6.08 Å². The van der Waals surface area contributed by atoms with Gasteiger partial charge in [-0.05, 0) is 43.6 Å².